The number of hydrogen-bond donors (Lipinski definition) is 3. The monoisotopic (exact) mass is 791 g/mol. The molecule has 1 unspecified atom stereocenters. The van der Waals surface area contributed by atoms with Crippen molar-refractivity contribution in [3.8, 4) is 17.2 Å². The van der Waals surface area contributed by atoms with Crippen molar-refractivity contribution >= 4 is 0 Å². The minimum absolute atomic E-state index is 0.189. The Morgan fingerprint density at radius 2 is 0.690 bits per heavy atom. The van der Waals surface area contributed by atoms with Gasteiger partial charge in [-0.1, -0.05) is 186 Å². The Morgan fingerprint density at radius 1 is 0.431 bits per heavy atom. The Bertz CT molecular complexity index is 2000. The second-order valence-electron chi connectivity index (χ2n) is 24.7. The number of benzene rings is 3. The van der Waals surface area contributed by atoms with Crippen LogP contribution in [0.4, 0.5) is 0 Å². The number of rotatable bonds is 6. The third-order valence-electron chi connectivity index (χ3n) is 13.1. The number of hydrogen-bond acceptors (Lipinski definition) is 3. The lowest BCUT2D eigenvalue weighted by Crippen LogP contribution is -2.35. The molecule has 320 valence electrons. The van der Waals surface area contributed by atoms with Gasteiger partial charge in [0.2, 0.25) is 0 Å². The lowest BCUT2D eigenvalue weighted by atomic mass is 9.60. The molecule has 1 aliphatic carbocycles. The maximum atomic E-state index is 11.7. The molecular weight excluding hydrogens is 709 g/mol. The van der Waals surface area contributed by atoms with Crippen molar-refractivity contribution in [2.24, 2.45) is 11.3 Å². The molecule has 0 radical (unpaired) electrons. The molecule has 4 rings (SSSR count). The summed E-state index contributed by atoms with van der Waals surface area (Å²) in [6.45, 7) is 49.1. The zero-order valence-corrected chi connectivity index (χ0v) is 41.0. The molecule has 0 saturated heterocycles. The topological polar surface area (TPSA) is 60.7 Å². The van der Waals surface area contributed by atoms with Crippen molar-refractivity contribution in [1.82, 2.24) is 0 Å². The van der Waals surface area contributed by atoms with E-state index in [0.29, 0.717) is 17.2 Å². The molecule has 0 fully saturated rings. The van der Waals surface area contributed by atoms with Crippen molar-refractivity contribution in [2.45, 2.75) is 204 Å². The SMILES string of the molecule is CC1=C(Cc2cc(C(C)(C)C)c(O)c(C(C)(C)C)c2)C(C)(C)C(Cc2cc(C(C)(C)C)c(O)c(C(C)(C)C)c2)C(C)=C1Cc1cc(C(C)(C)C)c(O)c(C(C)(C)C)c1. The lowest BCUT2D eigenvalue weighted by Gasteiger charge is -2.45. The average Bonchev–Trinajstić information content (AvgIpc) is 3.02. The number of aromatic hydroxyl groups is 3. The number of phenolic OH excluding ortho intramolecular Hbond substituents is 3. The van der Waals surface area contributed by atoms with Gasteiger partial charge in [-0.25, -0.2) is 0 Å². The van der Waals surface area contributed by atoms with Crippen LogP contribution in [0.15, 0.2) is 58.7 Å². The highest BCUT2D eigenvalue weighted by molar-refractivity contribution is 5.57. The average molecular weight is 791 g/mol. The van der Waals surface area contributed by atoms with E-state index in [2.05, 4.69) is 189 Å². The van der Waals surface area contributed by atoms with E-state index in [0.717, 1.165) is 52.6 Å². The molecule has 0 bridgehead atoms. The summed E-state index contributed by atoms with van der Waals surface area (Å²) in [6.07, 6.45) is 2.40. The van der Waals surface area contributed by atoms with Gasteiger partial charge in [-0.2, -0.15) is 0 Å². The Morgan fingerprint density at radius 3 is 0.966 bits per heavy atom. The van der Waals surface area contributed by atoms with Crippen LogP contribution in [0.5, 0.6) is 17.2 Å². The molecule has 1 aliphatic rings. The molecule has 58 heavy (non-hydrogen) atoms. The van der Waals surface area contributed by atoms with Crippen LogP contribution in [0.2, 0.25) is 0 Å². The molecular formula is C55H82O3. The van der Waals surface area contributed by atoms with Gasteiger partial charge in [0.15, 0.2) is 0 Å². The smallest absolute Gasteiger partial charge is 0.123 e. The van der Waals surface area contributed by atoms with E-state index in [1.807, 2.05) is 0 Å². The highest BCUT2D eigenvalue weighted by Crippen LogP contribution is 2.52. The summed E-state index contributed by atoms with van der Waals surface area (Å²) in [4.78, 5) is 0. The van der Waals surface area contributed by atoms with Crippen LogP contribution in [0.1, 0.15) is 202 Å². The van der Waals surface area contributed by atoms with Crippen molar-refractivity contribution < 1.29 is 15.3 Å². The zero-order chi connectivity index (χ0) is 44.7. The Labute approximate surface area is 355 Å². The van der Waals surface area contributed by atoms with E-state index < -0.39 is 0 Å². The van der Waals surface area contributed by atoms with Gasteiger partial charge in [0.25, 0.3) is 0 Å². The number of phenols is 3. The quantitative estimate of drug-likeness (QED) is 0.233. The Hall–Kier alpha value is -3.46. The lowest BCUT2D eigenvalue weighted by molar-refractivity contribution is 0.285. The molecule has 0 spiro atoms. The summed E-state index contributed by atoms with van der Waals surface area (Å²) >= 11 is 0. The minimum Gasteiger partial charge on any atom is -0.507 e. The molecule has 0 aliphatic heterocycles. The molecule has 3 nitrogen and oxygen atoms in total. The van der Waals surface area contributed by atoms with Crippen molar-refractivity contribution in [3.05, 3.63) is 109 Å². The number of allylic oxidation sites excluding steroid dienone is 4. The Kier molecular flexibility index (Phi) is 12.4. The van der Waals surface area contributed by atoms with Gasteiger partial charge in [0, 0.05) is 0 Å². The molecule has 0 aromatic heterocycles. The summed E-state index contributed by atoms with van der Waals surface area (Å²) in [5.41, 5.74) is 13.7. The van der Waals surface area contributed by atoms with Crippen LogP contribution in [0, 0.1) is 11.3 Å². The van der Waals surface area contributed by atoms with Gasteiger partial charge in [-0.3, -0.25) is 0 Å². The van der Waals surface area contributed by atoms with Crippen molar-refractivity contribution in [2.75, 3.05) is 0 Å². The first-order chi connectivity index (χ1) is 25.9. The standard InChI is InChI=1S/C55H82O3/c1-32-37(23-34-26-40(49(3,4)5)46(56)41(27-34)50(6,7)8)33(2)39(25-36-30-44(53(15,16)17)48(58)45(31-36)54(18,19)20)55(21,22)38(32)24-35-28-42(51(9,10)11)47(57)43(29-35)52(12,13)14/h26-31,38,56-58H,23-25H2,1-22H3. The van der Waals surface area contributed by atoms with Crippen molar-refractivity contribution in [1.29, 1.82) is 0 Å². The fraction of sp³-hybridized carbons (Fsp3) is 0.600. The first kappa shape index (κ1) is 47.2. The summed E-state index contributed by atoms with van der Waals surface area (Å²) in [5.74, 6) is 1.44. The maximum Gasteiger partial charge on any atom is 0.123 e. The maximum absolute atomic E-state index is 11.7. The predicted molar refractivity (Wildman–Crippen MR) is 250 cm³/mol. The van der Waals surface area contributed by atoms with Gasteiger partial charge in [-0.15, -0.1) is 0 Å². The fourth-order valence-electron chi connectivity index (χ4n) is 9.44. The van der Waals surface area contributed by atoms with Crippen LogP contribution in [-0.4, -0.2) is 15.3 Å². The Balaban J connectivity index is 2.07. The molecule has 0 amide bonds. The van der Waals surface area contributed by atoms with E-state index in [9.17, 15) is 15.3 Å². The predicted octanol–water partition coefficient (Wildman–Crippen LogP) is 14.9. The second kappa shape index (κ2) is 15.2. The molecule has 3 aromatic carbocycles. The molecule has 0 heterocycles. The minimum atomic E-state index is -0.224. The third-order valence-corrected chi connectivity index (χ3v) is 13.1. The molecule has 0 saturated carbocycles. The first-order valence-corrected chi connectivity index (χ1v) is 21.9. The summed E-state index contributed by atoms with van der Waals surface area (Å²) < 4.78 is 0. The van der Waals surface area contributed by atoms with Gasteiger partial charge >= 0.3 is 0 Å². The van der Waals surface area contributed by atoms with Crippen LogP contribution >= 0.6 is 0 Å². The normalized spacial score (nSPS) is 17.4. The van der Waals surface area contributed by atoms with Crippen molar-refractivity contribution in [3.63, 3.8) is 0 Å². The van der Waals surface area contributed by atoms with Crippen LogP contribution in [-0.2, 0) is 51.8 Å². The van der Waals surface area contributed by atoms with E-state index >= 15 is 0 Å². The van der Waals surface area contributed by atoms with Crippen LogP contribution in [0.25, 0.3) is 0 Å². The molecule has 3 aromatic rings. The summed E-state index contributed by atoms with van der Waals surface area (Å²) in [6, 6.07) is 13.6. The van der Waals surface area contributed by atoms with Gasteiger partial charge in [0.05, 0.1) is 0 Å². The highest BCUT2D eigenvalue weighted by atomic mass is 16.3. The third kappa shape index (κ3) is 9.61. The van der Waals surface area contributed by atoms with E-state index in [1.54, 1.807) is 0 Å². The fourth-order valence-corrected chi connectivity index (χ4v) is 9.44. The van der Waals surface area contributed by atoms with E-state index in [4.69, 9.17) is 0 Å². The molecule has 1 atom stereocenters. The molecule has 3 heteroatoms. The zero-order valence-electron chi connectivity index (χ0n) is 41.0. The molecule has 3 N–H and O–H groups in total. The second-order valence-corrected chi connectivity index (χ2v) is 24.7. The van der Waals surface area contributed by atoms with Crippen LogP contribution in [0.3, 0.4) is 0 Å². The highest BCUT2D eigenvalue weighted by Gasteiger charge is 2.41. The van der Waals surface area contributed by atoms with E-state index in [-0.39, 0.29) is 43.8 Å². The summed E-state index contributed by atoms with van der Waals surface area (Å²) in [5, 5.41) is 35.1. The van der Waals surface area contributed by atoms with Gasteiger partial charge in [0.1, 0.15) is 17.2 Å². The van der Waals surface area contributed by atoms with E-state index in [1.165, 1.54) is 39.0 Å². The van der Waals surface area contributed by atoms with Crippen LogP contribution < -0.4 is 0 Å². The first-order valence-electron chi connectivity index (χ1n) is 21.9. The van der Waals surface area contributed by atoms with Gasteiger partial charge in [-0.05, 0) is 138 Å². The largest absolute Gasteiger partial charge is 0.507 e. The van der Waals surface area contributed by atoms with Gasteiger partial charge < -0.3 is 15.3 Å². The summed E-state index contributed by atoms with van der Waals surface area (Å²) in [7, 11) is 0.